The first-order valence-corrected chi connectivity index (χ1v) is 6.62. The molecule has 0 aromatic carbocycles. The summed E-state index contributed by atoms with van der Waals surface area (Å²) < 4.78 is 3.45. The predicted octanol–water partition coefficient (Wildman–Crippen LogP) is 0.833. The highest BCUT2D eigenvalue weighted by atomic mass is 32.2. The molecule has 2 N–H and O–H groups in total. The van der Waals surface area contributed by atoms with Crippen molar-refractivity contribution < 1.29 is 0 Å². The van der Waals surface area contributed by atoms with E-state index in [1.807, 2.05) is 20.0 Å². The number of hydrogen-bond acceptors (Lipinski definition) is 7. The second-order valence-corrected chi connectivity index (χ2v) is 5.08. The minimum absolute atomic E-state index is 0.171. The average molecular weight is 288 g/mol. The van der Waals surface area contributed by atoms with E-state index in [0.717, 1.165) is 10.7 Å². The van der Waals surface area contributed by atoms with Crippen molar-refractivity contribution >= 4 is 17.7 Å². The van der Waals surface area contributed by atoms with Crippen molar-refractivity contribution in [2.75, 3.05) is 5.73 Å². The maximum absolute atomic E-state index is 5.73. The van der Waals surface area contributed by atoms with Crippen molar-refractivity contribution in [2.45, 2.75) is 17.1 Å². The lowest BCUT2D eigenvalue weighted by atomic mass is 10.5. The van der Waals surface area contributed by atoms with Gasteiger partial charge in [-0.25, -0.2) is 4.98 Å². The summed E-state index contributed by atoms with van der Waals surface area (Å²) in [6.45, 7) is 1.93. The summed E-state index contributed by atoms with van der Waals surface area (Å²) in [5.74, 6) is 0.612. The molecule has 0 amide bonds. The molecule has 0 unspecified atom stereocenters. The third-order valence-electron chi connectivity index (χ3n) is 2.51. The zero-order valence-corrected chi connectivity index (χ0v) is 11.7. The Bertz CT molecular complexity index is 733. The van der Waals surface area contributed by atoms with Crippen LogP contribution in [-0.2, 0) is 7.05 Å². The van der Waals surface area contributed by atoms with Gasteiger partial charge >= 0.3 is 0 Å². The highest BCUT2D eigenvalue weighted by Crippen LogP contribution is 2.25. The fourth-order valence-electron chi connectivity index (χ4n) is 1.68. The van der Waals surface area contributed by atoms with Gasteiger partial charge in [0.2, 0.25) is 17.1 Å². The standard InChI is InChI=1S/C11H12N8S/c1-7-5-8(18(2)17-7)20-11-15-9(12)14-10(16-11)19-4-3-13-6-19/h3-6H,1-2H3,(H2,12,14,15,16). The second-order valence-electron chi connectivity index (χ2n) is 4.10. The molecular weight excluding hydrogens is 276 g/mol. The van der Waals surface area contributed by atoms with E-state index in [1.165, 1.54) is 11.8 Å². The molecule has 0 bridgehead atoms. The molecule has 0 atom stereocenters. The summed E-state index contributed by atoms with van der Waals surface area (Å²) in [4.78, 5) is 16.5. The predicted molar refractivity (Wildman–Crippen MR) is 73.4 cm³/mol. The van der Waals surface area contributed by atoms with Gasteiger partial charge < -0.3 is 5.73 Å². The minimum Gasteiger partial charge on any atom is -0.368 e. The maximum Gasteiger partial charge on any atom is 0.240 e. The molecule has 0 aliphatic carbocycles. The molecular formula is C11H12N8S. The molecule has 0 aliphatic heterocycles. The smallest absolute Gasteiger partial charge is 0.240 e. The lowest BCUT2D eigenvalue weighted by Gasteiger charge is -2.04. The number of hydrogen-bond donors (Lipinski definition) is 1. The van der Waals surface area contributed by atoms with Crippen LogP contribution in [0.25, 0.3) is 5.95 Å². The van der Waals surface area contributed by atoms with Crippen molar-refractivity contribution in [3.63, 3.8) is 0 Å². The van der Waals surface area contributed by atoms with E-state index < -0.39 is 0 Å². The van der Waals surface area contributed by atoms with Crippen LogP contribution in [0.1, 0.15) is 5.69 Å². The normalized spacial score (nSPS) is 10.9. The summed E-state index contributed by atoms with van der Waals surface area (Å²) in [6, 6.07) is 1.96. The minimum atomic E-state index is 0.171. The second kappa shape index (κ2) is 4.93. The third kappa shape index (κ3) is 2.48. The molecule has 0 fully saturated rings. The largest absolute Gasteiger partial charge is 0.368 e. The lowest BCUT2D eigenvalue weighted by molar-refractivity contribution is 0.690. The lowest BCUT2D eigenvalue weighted by Crippen LogP contribution is -2.06. The van der Waals surface area contributed by atoms with E-state index in [-0.39, 0.29) is 5.95 Å². The van der Waals surface area contributed by atoms with Crippen molar-refractivity contribution in [1.82, 2.24) is 34.3 Å². The van der Waals surface area contributed by atoms with E-state index >= 15 is 0 Å². The van der Waals surface area contributed by atoms with Gasteiger partial charge in [-0.1, -0.05) is 0 Å². The van der Waals surface area contributed by atoms with E-state index in [2.05, 4.69) is 25.0 Å². The number of nitrogens with zero attached hydrogens (tertiary/aromatic N) is 7. The number of imidazole rings is 1. The molecule has 102 valence electrons. The van der Waals surface area contributed by atoms with Crippen molar-refractivity contribution in [2.24, 2.45) is 7.05 Å². The number of aryl methyl sites for hydroxylation is 2. The van der Waals surface area contributed by atoms with Gasteiger partial charge in [-0.3, -0.25) is 9.25 Å². The van der Waals surface area contributed by atoms with Gasteiger partial charge in [-0.15, -0.1) is 0 Å². The SMILES string of the molecule is Cc1cc(Sc2nc(N)nc(-n3ccnc3)n2)n(C)n1. The third-order valence-corrected chi connectivity index (χ3v) is 3.47. The van der Waals surface area contributed by atoms with Gasteiger partial charge in [0.15, 0.2) is 0 Å². The van der Waals surface area contributed by atoms with Crippen molar-refractivity contribution in [3.05, 3.63) is 30.5 Å². The van der Waals surface area contributed by atoms with Crippen molar-refractivity contribution in [3.8, 4) is 5.95 Å². The van der Waals surface area contributed by atoms with Gasteiger partial charge in [0.05, 0.1) is 5.69 Å². The van der Waals surface area contributed by atoms with Crippen LogP contribution in [-0.4, -0.2) is 34.3 Å². The molecule has 8 nitrogen and oxygen atoms in total. The molecule has 0 aliphatic rings. The van der Waals surface area contributed by atoms with Gasteiger partial charge in [-0.2, -0.15) is 20.1 Å². The van der Waals surface area contributed by atoms with Gasteiger partial charge in [0, 0.05) is 19.4 Å². The van der Waals surface area contributed by atoms with Crippen LogP contribution >= 0.6 is 11.8 Å². The molecule has 9 heteroatoms. The van der Waals surface area contributed by atoms with E-state index in [4.69, 9.17) is 5.73 Å². The maximum atomic E-state index is 5.73. The number of rotatable bonds is 3. The Morgan fingerprint density at radius 3 is 2.75 bits per heavy atom. The molecule has 0 radical (unpaired) electrons. The quantitative estimate of drug-likeness (QED) is 0.761. The molecule has 3 aromatic heterocycles. The van der Waals surface area contributed by atoms with Crippen LogP contribution in [0, 0.1) is 6.92 Å². The van der Waals surface area contributed by atoms with Crippen LogP contribution in [0.3, 0.4) is 0 Å². The Balaban J connectivity index is 1.96. The van der Waals surface area contributed by atoms with E-state index in [0.29, 0.717) is 11.1 Å². The van der Waals surface area contributed by atoms with Gasteiger partial charge in [0.25, 0.3) is 0 Å². The summed E-state index contributed by atoms with van der Waals surface area (Å²) in [5.41, 5.74) is 6.67. The Kier molecular flexibility index (Phi) is 3.11. The first-order valence-electron chi connectivity index (χ1n) is 5.80. The number of aromatic nitrogens is 7. The monoisotopic (exact) mass is 288 g/mol. The summed E-state index contributed by atoms with van der Waals surface area (Å²) in [7, 11) is 1.87. The summed E-state index contributed by atoms with van der Waals surface area (Å²) in [5, 5.41) is 5.73. The van der Waals surface area contributed by atoms with Crippen molar-refractivity contribution in [1.29, 1.82) is 0 Å². The first-order chi connectivity index (χ1) is 9.61. The van der Waals surface area contributed by atoms with Crippen LogP contribution in [0.15, 0.2) is 35.0 Å². The van der Waals surface area contributed by atoms with Gasteiger partial charge in [-0.05, 0) is 24.8 Å². The first kappa shape index (κ1) is 12.6. The molecule has 3 heterocycles. The highest BCUT2D eigenvalue weighted by Gasteiger charge is 2.10. The Morgan fingerprint density at radius 1 is 1.25 bits per heavy atom. The molecule has 0 saturated heterocycles. The average Bonchev–Trinajstić information content (AvgIpc) is 2.99. The fraction of sp³-hybridized carbons (Fsp3) is 0.182. The summed E-state index contributed by atoms with van der Waals surface area (Å²) >= 11 is 1.39. The zero-order chi connectivity index (χ0) is 14.1. The Labute approximate surface area is 119 Å². The number of nitrogens with two attached hydrogens (primary N) is 1. The Morgan fingerprint density at radius 2 is 2.10 bits per heavy atom. The van der Waals surface area contributed by atoms with Crippen LogP contribution < -0.4 is 5.73 Å². The zero-order valence-electron chi connectivity index (χ0n) is 10.9. The topological polar surface area (TPSA) is 100 Å². The van der Waals surface area contributed by atoms with Crippen LogP contribution in [0.4, 0.5) is 5.95 Å². The van der Waals surface area contributed by atoms with Crippen LogP contribution in [0.5, 0.6) is 0 Å². The molecule has 3 aromatic rings. The van der Waals surface area contributed by atoms with Crippen LogP contribution in [0.2, 0.25) is 0 Å². The summed E-state index contributed by atoms with van der Waals surface area (Å²) in [6.07, 6.45) is 5.01. The fourth-order valence-corrected chi connectivity index (χ4v) is 2.53. The molecule has 3 rings (SSSR count). The molecule has 0 saturated carbocycles. The molecule has 0 spiro atoms. The van der Waals surface area contributed by atoms with Gasteiger partial charge in [0.1, 0.15) is 11.4 Å². The highest BCUT2D eigenvalue weighted by molar-refractivity contribution is 7.99. The Hall–Kier alpha value is -2.42. The van der Waals surface area contributed by atoms with E-state index in [1.54, 1.807) is 28.0 Å². The number of nitrogen functional groups attached to an aromatic ring is 1. The number of anilines is 1. The van der Waals surface area contributed by atoms with E-state index in [9.17, 15) is 0 Å². The molecule has 20 heavy (non-hydrogen) atoms.